The zero-order valence-electron chi connectivity index (χ0n) is 30.9. The van der Waals surface area contributed by atoms with Crippen molar-refractivity contribution >= 4 is 60.4 Å². The Morgan fingerprint density at radius 1 is 0.400 bits per heavy atom. The molecule has 1 aliphatic heterocycles. The fourth-order valence-electron chi connectivity index (χ4n) is 9.25. The van der Waals surface area contributed by atoms with Crippen LogP contribution in [0.3, 0.4) is 0 Å². The van der Waals surface area contributed by atoms with E-state index in [9.17, 15) is 0 Å². The predicted molar refractivity (Wildman–Crippen MR) is 233 cm³/mol. The summed E-state index contributed by atoms with van der Waals surface area (Å²) in [7, 11) is 0. The van der Waals surface area contributed by atoms with Gasteiger partial charge in [-0.1, -0.05) is 141 Å². The zero-order valence-corrected chi connectivity index (χ0v) is 30.9. The number of aromatic nitrogens is 1. The molecule has 2 nitrogen and oxygen atoms in total. The lowest BCUT2D eigenvalue weighted by atomic mass is 9.74. The minimum Gasteiger partial charge on any atom is -0.310 e. The smallest absolute Gasteiger partial charge is 0.0582 e. The van der Waals surface area contributed by atoms with E-state index in [1.807, 2.05) is 0 Å². The second kappa shape index (κ2) is 12.1. The van der Waals surface area contributed by atoms with E-state index in [-0.39, 0.29) is 5.41 Å². The van der Waals surface area contributed by atoms with Crippen LogP contribution in [0.1, 0.15) is 25.0 Å². The van der Waals surface area contributed by atoms with Crippen LogP contribution in [0.2, 0.25) is 0 Å². The van der Waals surface area contributed by atoms with Crippen LogP contribution in [0.5, 0.6) is 0 Å². The van der Waals surface area contributed by atoms with Crippen molar-refractivity contribution in [3.05, 3.63) is 205 Å². The summed E-state index contributed by atoms with van der Waals surface area (Å²) in [5, 5.41) is 7.63. The molecule has 260 valence electrons. The summed E-state index contributed by atoms with van der Waals surface area (Å²) >= 11 is 0. The molecule has 0 atom stereocenters. The van der Waals surface area contributed by atoms with E-state index in [0.717, 1.165) is 17.1 Å². The summed E-state index contributed by atoms with van der Waals surface area (Å²) in [5.41, 5.74) is 14.6. The first-order valence-electron chi connectivity index (χ1n) is 19.2. The Labute approximate surface area is 321 Å². The number of anilines is 3. The van der Waals surface area contributed by atoms with Gasteiger partial charge in [-0.2, -0.15) is 0 Å². The molecular formula is C53H38N2. The van der Waals surface area contributed by atoms with Gasteiger partial charge >= 0.3 is 0 Å². The van der Waals surface area contributed by atoms with E-state index in [2.05, 4.69) is 217 Å². The minimum absolute atomic E-state index is 0.166. The van der Waals surface area contributed by atoms with Gasteiger partial charge in [0.05, 0.1) is 16.7 Å². The normalized spacial score (nSPS) is 13.1. The lowest BCUT2D eigenvalue weighted by Gasteiger charge is -2.35. The molecule has 2 heterocycles. The van der Waals surface area contributed by atoms with Gasteiger partial charge in [-0.15, -0.1) is 0 Å². The number of nitrogens with zero attached hydrogens (tertiary/aromatic N) is 2. The Morgan fingerprint density at radius 3 is 1.84 bits per heavy atom. The summed E-state index contributed by atoms with van der Waals surface area (Å²) < 4.78 is 2.51. The molecule has 10 aromatic rings. The molecule has 0 N–H and O–H groups in total. The van der Waals surface area contributed by atoms with Gasteiger partial charge in [0.15, 0.2) is 0 Å². The van der Waals surface area contributed by atoms with Crippen LogP contribution in [0.4, 0.5) is 17.1 Å². The summed E-state index contributed by atoms with van der Waals surface area (Å²) in [6.45, 7) is 4.76. The summed E-state index contributed by atoms with van der Waals surface area (Å²) in [6, 6.07) is 71.3. The van der Waals surface area contributed by atoms with E-state index in [0.29, 0.717) is 0 Å². The maximum absolute atomic E-state index is 2.51. The molecule has 0 saturated heterocycles. The molecule has 2 heteroatoms. The highest BCUT2D eigenvalue weighted by atomic mass is 15.1. The Morgan fingerprint density at radius 2 is 1.04 bits per heavy atom. The lowest BCUT2D eigenvalue weighted by Crippen LogP contribution is -2.26. The molecule has 9 aromatic carbocycles. The van der Waals surface area contributed by atoms with E-state index in [1.54, 1.807) is 0 Å². The van der Waals surface area contributed by atoms with Crippen LogP contribution in [0.15, 0.2) is 194 Å². The maximum Gasteiger partial charge on any atom is 0.0582 e. The number of hydrogen-bond acceptors (Lipinski definition) is 1. The fraction of sp³-hybridized carbons (Fsp3) is 0.0566. The summed E-state index contributed by atoms with van der Waals surface area (Å²) in [5.74, 6) is 0. The van der Waals surface area contributed by atoms with Gasteiger partial charge in [-0.05, 0) is 122 Å². The second-order valence-electron chi connectivity index (χ2n) is 15.4. The van der Waals surface area contributed by atoms with Crippen LogP contribution in [-0.2, 0) is 5.41 Å². The molecule has 1 aliphatic rings. The van der Waals surface area contributed by atoms with Crippen LogP contribution >= 0.6 is 0 Å². The Hall–Kier alpha value is -6.90. The molecule has 0 bridgehead atoms. The molecule has 11 rings (SSSR count). The van der Waals surface area contributed by atoms with Gasteiger partial charge in [-0.25, -0.2) is 0 Å². The van der Waals surface area contributed by atoms with Crippen molar-refractivity contribution in [2.24, 2.45) is 0 Å². The highest BCUT2D eigenvalue weighted by Crippen LogP contribution is 2.50. The van der Waals surface area contributed by atoms with Crippen molar-refractivity contribution in [1.29, 1.82) is 0 Å². The van der Waals surface area contributed by atoms with Gasteiger partial charge in [0.25, 0.3) is 0 Å². The molecule has 0 unspecified atom stereocenters. The predicted octanol–water partition coefficient (Wildman–Crippen LogP) is 14.5. The van der Waals surface area contributed by atoms with Crippen molar-refractivity contribution in [3.63, 3.8) is 0 Å². The third-order valence-corrected chi connectivity index (χ3v) is 11.9. The van der Waals surface area contributed by atoms with Gasteiger partial charge in [0, 0.05) is 33.2 Å². The van der Waals surface area contributed by atoms with Crippen LogP contribution in [-0.4, -0.2) is 4.57 Å². The molecule has 0 radical (unpaired) electrons. The highest BCUT2D eigenvalue weighted by molar-refractivity contribution is 6.15. The highest BCUT2D eigenvalue weighted by Gasteiger charge is 2.35. The first kappa shape index (κ1) is 31.6. The quantitative estimate of drug-likeness (QED) is 0.162. The Kier molecular flexibility index (Phi) is 6.93. The van der Waals surface area contributed by atoms with Crippen molar-refractivity contribution in [3.8, 4) is 27.9 Å². The van der Waals surface area contributed by atoms with Crippen LogP contribution < -0.4 is 4.90 Å². The van der Waals surface area contributed by atoms with Crippen LogP contribution in [0, 0.1) is 0 Å². The van der Waals surface area contributed by atoms with Crippen molar-refractivity contribution in [1.82, 2.24) is 4.57 Å². The number of rotatable bonds is 5. The monoisotopic (exact) mass is 702 g/mol. The minimum atomic E-state index is -0.166. The van der Waals surface area contributed by atoms with E-state index in [4.69, 9.17) is 0 Å². The molecule has 0 spiro atoms. The lowest BCUT2D eigenvalue weighted by molar-refractivity contribution is 0.630. The molecule has 0 saturated carbocycles. The number of benzene rings is 9. The number of fused-ring (bicyclic) bond motifs is 8. The van der Waals surface area contributed by atoms with E-state index < -0.39 is 0 Å². The van der Waals surface area contributed by atoms with Gasteiger partial charge in [0.1, 0.15) is 0 Å². The average molecular weight is 703 g/mol. The van der Waals surface area contributed by atoms with Crippen molar-refractivity contribution < 1.29 is 0 Å². The average Bonchev–Trinajstić information content (AvgIpc) is 3.57. The Balaban J connectivity index is 1.12. The summed E-state index contributed by atoms with van der Waals surface area (Å²) in [6.07, 6.45) is 0. The van der Waals surface area contributed by atoms with Crippen LogP contribution in [0.25, 0.3) is 71.3 Å². The molecule has 0 amide bonds. The standard InChI is InChI=1S/C53H38N2/c1-53(2)48-23-13-14-24-51(48)55-50-30-29-41(34-46(50)47-32-38(33-49(53)52(47)55)35-15-5-3-6-16-35)54(39-18-7-4-8-19-39)40-27-25-36(26-28-40)45-31-37-17-9-10-20-42(37)43-21-11-12-22-44(43)45/h3-34H,1-2H3. The SMILES string of the molecule is CC1(C)c2ccccc2-n2c3ccc(N(c4ccccc4)c4ccc(-c5cc6ccccc6c6ccccc56)cc4)cc3c3cc(-c4ccccc4)cc1c32. The molecule has 0 aliphatic carbocycles. The van der Waals surface area contributed by atoms with E-state index in [1.165, 1.54) is 82.4 Å². The zero-order chi connectivity index (χ0) is 36.7. The third kappa shape index (κ3) is 4.81. The summed E-state index contributed by atoms with van der Waals surface area (Å²) in [4.78, 5) is 2.39. The Bertz CT molecular complexity index is 3100. The molecule has 55 heavy (non-hydrogen) atoms. The molecular weight excluding hydrogens is 665 g/mol. The van der Waals surface area contributed by atoms with Gasteiger partial charge in [0.2, 0.25) is 0 Å². The maximum atomic E-state index is 2.51. The van der Waals surface area contributed by atoms with Gasteiger partial charge < -0.3 is 9.47 Å². The number of para-hydroxylation sites is 2. The largest absolute Gasteiger partial charge is 0.310 e. The second-order valence-corrected chi connectivity index (χ2v) is 15.4. The topological polar surface area (TPSA) is 8.17 Å². The van der Waals surface area contributed by atoms with E-state index >= 15 is 0 Å². The first-order chi connectivity index (χ1) is 27.0. The van der Waals surface area contributed by atoms with Gasteiger partial charge in [-0.3, -0.25) is 0 Å². The molecule has 1 aromatic heterocycles. The van der Waals surface area contributed by atoms with Crippen molar-refractivity contribution in [2.45, 2.75) is 19.3 Å². The van der Waals surface area contributed by atoms with Crippen molar-refractivity contribution in [2.75, 3.05) is 4.90 Å². The molecule has 0 fully saturated rings. The third-order valence-electron chi connectivity index (χ3n) is 11.9. The first-order valence-corrected chi connectivity index (χ1v) is 19.2. The number of hydrogen-bond donors (Lipinski definition) is 0. The fourth-order valence-corrected chi connectivity index (χ4v) is 9.25.